The smallest absolute Gasteiger partial charge is 0.206 e. The number of hydrogen-bond acceptors (Lipinski definition) is 4. The number of aromatic nitrogens is 3. The van der Waals surface area contributed by atoms with Crippen molar-refractivity contribution < 1.29 is 4.42 Å². The van der Waals surface area contributed by atoms with Gasteiger partial charge in [0.05, 0.1) is 15.5 Å². The van der Waals surface area contributed by atoms with Crippen LogP contribution in [0.4, 0.5) is 0 Å². The highest BCUT2D eigenvalue weighted by Gasteiger charge is 2.17. The molecule has 0 spiro atoms. The molecule has 0 amide bonds. The van der Waals surface area contributed by atoms with Crippen LogP contribution in [0.25, 0.3) is 27.7 Å². The van der Waals surface area contributed by atoms with Gasteiger partial charge >= 0.3 is 0 Å². The van der Waals surface area contributed by atoms with E-state index in [9.17, 15) is 0 Å². The Bertz CT molecular complexity index is 879. The number of pyridine rings is 1. The molecular weight excluding hydrogens is 294 g/mol. The van der Waals surface area contributed by atoms with Crippen LogP contribution in [0.1, 0.15) is 0 Å². The molecule has 6 heteroatoms. The largest absolute Gasteiger partial charge is 0.448 e. The molecule has 98 valence electrons. The number of hydrogen-bond donors (Lipinski definition) is 0. The molecule has 4 rings (SSSR count). The van der Waals surface area contributed by atoms with Crippen LogP contribution in [0.3, 0.4) is 0 Å². The fourth-order valence-corrected chi connectivity index (χ4v) is 3.14. The van der Waals surface area contributed by atoms with Crippen molar-refractivity contribution in [3.05, 3.63) is 53.2 Å². The van der Waals surface area contributed by atoms with E-state index in [2.05, 4.69) is 9.97 Å². The van der Waals surface area contributed by atoms with Crippen molar-refractivity contribution in [2.24, 2.45) is 0 Å². The van der Waals surface area contributed by atoms with E-state index < -0.39 is 0 Å². The van der Waals surface area contributed by atoms with E-state index in [0.29, 0.717) is 5.88 Å². The summed E-state index contributed by atoms with van der Waals surface area (Å²) in [5.74, 6) is 1.47. The van der Waals surface area contributed by atoms with Gasteiger partial charge in [0.2, 0.25) is 5.88 Å². The first-order chi connectivity index (χ1) is 9.83. The number of imidazole rings is 1. The van der Waals surface area contributed by atoms with Crippen molar-refractivity contribution >= 4 is 34.1 Å². The van der Waals surface area contributed by atoms with Gasteiger partial charge in [-0.15, -0.1) is 11.3 Å². The van der Waals surface area contributed by atoms with E-state index in [4.69, 9.17) is 16.0 Å². The molecule has 0 saturated carbocycles. The average Bonchev–Trinajstić information content (AvgIpc) is 3.15. The van der Waals surface area contributed by atoms with Gasteiger partial charge in [0.25, 0.3) is 0 Å². The van der Waals surface area contributed by atoms with E-state index in [1.165, 1.54) is 11.3 Å². The Morgan fingerprint density at radius 3 is 2.85 bits per heavy atom. The van der Waals surface area contributed by atoms with E-state index in [-0.39, 0.29) is 0 Å². The van der Waals surface area contributed by atoms with Gasteiger partial charge in [0.1, 0.15) is 5.52 Å². The zero-order valence-corrected chi connectivity index (χ0v) is 11.7. The second-order valence-electron chi connectivity index (χ2n) is 4.17. The molecule has 0 radical (unpaired) electrons. The molecule has 0 aromatic carbocycles. The second-order valence-corrected chi connectivity index (χ2v) is 5.89. The van der Waals surface area contributed by atoms with Crippen molar-refractivity contribution in [2.75, 3.05) is 0 Å². The highest BCUT2D eigenvalue weighted by molar-refractivity contribution is 7.19. The summed E-state index contributed by atoms with van der Waals surface area (Å²) in [7, 11) is 0. The lowest BCUT2D eigenvalue weighted by Gasteiger charge is -2.02. The molecule has 0 fully saturated rings. The van der Waals surface area contributed by atoms with Gasteiger partial charge in [0.15, 0.2) is 11.5 Å². The molecule has 0 aliphatic heterocycles. The van der Waals surface area contributed by atoms with Gasteiger partial charge in [-0.05, 0) is 30.3 Å². The molecule has 0 atom stereocenters. The van der Waals surface area contributed by atoms with Crippen LogP contribution in [0.2, 0.25) is 4.34 Å². The third-order valence-electron chi connectivity index (χ3n) is 2.94. The molecule has 0 aliphatic rings. The molecule has 20 heavy (non-hydrogen) atoms. The SMILES string of the molecule is Clc1ccc(-c2nc3cccnc3n2-c2ccco2)s1. The van der Waals surface area contributed by atoms with Gasteiger partial charge in [0, 0.05) is 12.3 Å². The predicted octanol–water partition coefficient (Wildman–Crippen LogP) is 4.40. The maximum absolute atomic E-state index is 6.03. The normalized spacial score (nSPS) is 11.2. The van der Waals surface area contributed by atoms with Crippen molar-refractivity contribution in [3.8, 4) is 16.6 Å². The lowest BCUT2D eigenvalue weighted by molar-refractivity contribution is 0.543. The minimum Gasteiger partial charge on any atom is -0.448 e. The second kappa shape index (κ2) is 4.47. The lowest BCUT2D eigenvalue weighted by atomic mass is 10.4. The summed E-state index contributed by atoms with van der Waals surface area (Å²) in [4.78, 5) is 10.0. The summed E-state index contributed by atoms with van der Waals surface area (Å²) in [6, 6.07) is 11.3. The van der Waals surface area contributed by atoms with E-state index in [1.807, 2.05) is 41.0 Å². The van der Waals surface area contributed by atoms with Crippen LogP contribution >= 0.6 is 22.9 Å². The topological polar surface area (TPSA) is 43.9 Å². The fraction of sp³-hybridized carbons (Fsp3) is 0. The standard InChI is InChI=1S/C14H8ClN3OS/c15-11-6-5-10(20-11)14-17-9-3-1-7-16-13(9)18(14)12-4-2-8-19-12/h1-8H. The van der Waals surface area contributed by atoms with Gasteiger partial charge in [-0.25, -0.2) is 14.5 Å². The number of nitrogens with zero attached hydrogens (tertiary/aromatic N) is 3. The lowest BCUT2D eigenvalue weighted by Crippen LogP contribution is -1.95. The Labute approximate surface area is 123 Å². The first-order valence-electron chi connectivity index (χ1n) is 5.96. The molecule has 0 bridgehead atoms. The molecule has 4 nitrogen and oxygen atoms in total. The Morgan fingerprint density at radius 1 is 1.15 bits per heavy atom. The van der Waals surface area contributed by atoms with Gasteiger partial charge < -0.3 is 4.42 Å². The monoisotopic (exact) mass is 301 g/mol. The third-order valence-corrected chi connectivity index (χ3v) is 4.16. The van der Waals surface area contributed by atoms with E-state index >= 15 is 0 Å². The minimum absolute atomic E-state index is 0.686. The van der Waals surface area contributed by atoms with Crippen molar-refractivity contribution in [1.82, 2.24) is 14.5 Å². The molecular formula is C14H8ClN3OS. The molecule has 0 aliphatic carbocycles. The predicted molar refractivity (Wildman–Crippen MR) is 79.5 cm³/mol. The molecule has 4 aromatic heterocycles. The zero-order valence-electron chi connectivity index (χ0n) is 10.2. The number of fused-ring (bicyclic) bond motifs is 1. The van der Waals surface area contributed by atoms with Crippen molar-refractivity contribution in [3.63, 3.8) is 0 Å². The van der Waals surface area contributed by atoms with Crippen LogP contribution < -0.4 is 0 Å². The summed E-state index contributed by atoms with van der Waals surface area (Å²) in [6.07, 6.45) is 3.38. The van der Waals surface area contributed by atoms with Crippen molar-refractivity contribution in [1.29, 1.82) is 0 Å². The summed E-state index contributed by atoms with van der Waals surface area (Å²) in [5.41, 5.74) is 1.59. The number of thiophene rings is 1. The molecule has 4 heterocycles. The number of halogens is 1. The average molecular weight is 302 g/mol. The maximum atomic E-state index is 6.03. The van der Waals surface area contributed by atoms with Crippen LogP contribution in [-0.4, -0.2) is 14.5 Å². The Hall–Kier alpha value is -2.11. The van der Waals surface area contributed by atoms with Crippen LogP contribution in [-0.2, 0) is 0 Å². The third kappa shape index (κ3) is 1.75. The van der Waals surface area contributed by atoms with Gasteiger partial charge in [-0.2, -0.15) is 0 Å². The van der Waals surface area contributed by atoms with Gasteiger partial charge in [-0.1, -0.05) is 11.6 Å². The summed E-state index contributed by atoms with van der Waals surface area (Å²) in [6.45, 7) is 0. The minimum atomic E-state index is 0.686. The molecule has 4 aromatic rings. The molecule has 0 saturated heterocycles. The highest BCUT2D eigenvalue weighted by atomic mass is 35.5. The summed E-state index contributed by atoms with van der Waals surface area (Å²) >= 11 is 7.51. The molecule has 0 unspecified atom stereocenters. The van der Waals surface area contributed by atoms with Crippen LogP contribution in [0.5, 0.6) is 0 Å². The first-order valence-corrected chi connectivity index (χ1v) is 7.15. The van der Waals surface area contributed by atoms with Crippen molar-refractivity contribution in [2.45, 2.75) is 0 Å². The first kappa shape index (κ1) is 11.7. The quantitative estimate of drug-likeness (QED) is 0.551. The van der Waals surface area contributed by atoms with Crippen LogP contribution in [0, 0.1) is 0 Å². The van der Waals surface area contributed by atoms with Crippen LogP contribution in [0.15, 0.2) is 53.3 Å². The summed E-state index contributed by atoms with van der Waals surface area (Å²) < 4.78 is 8.14. The Kier molecular flexibility index (Phi) is 2.61. The fourth-order valence-electron chi connectivity index (χ4n) is 2.12. The maximum Gasteiger partial charge on any atom is 0.206 e. The Balaban J connectivity index is 2.07. The van der Waals surface area contributed by atoms with E-state index in [1.54, 1.807) is 12.5 Å². The van der Waals surface area contributed by atoms with Gasteiger partial charge in [-0.3, -0.25) is 0 Å². The zero-order chi connectivity index (χ0) is 13.5. The highest BCUT2D eigenvalue weighted by Crippen LogP contribution is 2.34. The summed E-state index contributed by atoms with van der Waals surface area (Å²) in [5, 5.41) is 0. The number of rotatable bonds is 2. The Morgan fingerprint density at radius 2 is 2.10 bits per heavy atom. The number of furan rings is 1. The van der Waals surface area contributed by atoms with E-state index in [0.717, 1.165) is 26.2 Å². The molecule has 0 N–H and O–H groups in total.